The molecule has 0 aliphatic carbocycles. The van der Waals surface area contributed by atoms with Gasteiger partial charge in [-0.05, 0) is 25.3 Å². The molecule has 0 bridgehead atoms. The minimum absolute atomic E-state index is 0.134. The lowest BCUT2D eigenvalue weighted by Crippen LogP contribution is -2.40. The summed E-state index contributed by atoms with van der Waals surface area (Å²) in [5.74, 6) is 1.16. The van der Waals surface area contributed by atoms with Crippen molar-refractivity contribution in [1.29, 1.82) is 0 Å². The number of nitrogens with zero attached hydrogens (tertiary/aromatic N) is 2. The number of hydrogen-bond donors (Lipinski definition) is 2. The molecule has 1 fully saturated rings. The third-order valence-corrected chi connectivity index (χ3v) is 3.31. The van der Waals surface area contributed by atoms with Crippen molar-refractivity contribution in [1.82, 2.24) is 4.90 Å². The van der Waals surface area contributed by atoms with Crippen LogP contribution in [0.25, 0.3) is 0 Å². The van der Waals surface area contributed by atoms with E-state index in [1.54, 1.807) is 0 Å². The molecular weight excluding hydrogens is 190 g/mol. The Kier molecular flexibility index (Phi) is 4.39. The van der Waals surface area contributed by atoms with Crippen molar-refractivity contribution < 1.29 is 5.21 Å². The summed E-state index contributed by atoms with van der Waals surface area (Å²) in [6.45, 7) is 8.57. The fourth-order valence-electron chi connectivity index (χ4n) is 2.38. The van der Waals surface area contributed by atoms with E-state index in [1.165, 1.54) is 12.8 Å². The Morgan fingerprint density at radius 3 is 2.73 bits per heavy atom. The topological polar surface area (TPSA) is 61.8 Å². The lowest BCUT2D eigenvalue weighted by atomic mass is 10.0. The van der Waals surface area contributed by atoms with Gasteiger partial charge in [0.2, 0.25) is 0 Å². The molecule has 2 unspecified atom stereocenters. The van der Waals surface area contributed by atoms with Gasteiger partial charge in [-0.25, -0.2) is 0 Å². The fourth-order valence-corrected chi connectivity index (χ4v) is 2.38. The molecule has 0 aromatic heterocycles. The summed E-state index contributed by atoms with van der Waals surface area (Å²) < 4.78 is 0. The minimum atomic E-state index is 0.134. The molecule has 0 aromatic carbocycles. The molecule has 0 saturated carbocycles. The van der Waals surface area contributed by atoms with Crippen LogP contribution in [0.15, 0.2) is 5.16 Å². The molecule has 4 nitrogen and oxygen atoms in total. The van der Waals surface area contributed by atoms with Crippen LogP contribution in [-0.2, 0) is 0 Å². The number of likely N-dealkylation sites (tertiary alicyclic amines) is 1. The third-order valence-electron chi connectivity index (χ3n) is 3.31. The van der Waals surface area contributed by atoms with Gasteiger partial charge >= 0.3 is 0 Å². The highest BCUT2D eigenvalue weighted by atomic mass is 16.4. The molecule has 0 spiro atoms. The Morgan fingerprint density at radius 2 is 2.20 bits per heavy atom. The number of amidine groups is 1. The van der Waals surface area contributed by atoms with Crippen molar-refractivity contribution in [3.05, 3.63) is 0 Å². The number of hydrogen-bond acceptors (Lipinski definition) is 3. The van der Waals surface area contributed by atoms with E-state index in [4.69, 9.17) is 10.9 Å². The van der Waals surface area contributed by atoms with E-state index >= 15 is 0 Å². The van der Waals surface area contributed by atoms with Gasteiger partial charge in [0.25, 0.3) is 0 Å². The summed E-state index contributed by atoms with van der Waals surface area (Å²) in [5.41, 5.74) is 5.59. The summed E-state index contributed by atoms with van der Waals surface area (Å²) in [6.07, 6.45) is 2.55. The second kappa shape index (κ2) is 5.35. The summed E-state index contributed by atoms with van der Waals surface area (Å²) in [4.78, 5) is 2.47. The van der Waals surface area contributed by atoms with E-state index < -0.39 is 0 Å². The average molecular weight is 213 g/mol. The van der Waals surface area contributed by atoms with Gasteiger partial charge in [-0.1, -0.05) is 25.9 Å². The van der Waals surface area contributed by atoms with Crippen LogP contribution in [0.4, 0.5) is 0 Å². The largest absolute Gasteiger partial charge is 0.409 e. The predicted molar refractivity (Wildman–Crippen MR) is 62.0 cm³/mol. The van der Waals surface area contributed by atoms with Crippen LogP contribution < -0.4 is 5.73 Å². The molecule has 4 heteroatoms. The van der Waals surface area contributed by atoms with Crippen LogP contribution in [0.5, 0.6) is 0 Å². The zero-order valence-electron chi connectivity index (χ0n) is 9.98. The summed E-state index contributed by atoms with van der Waals surface area (Å²) >= 11 is 0. The quantitative estimate of drug-likeness (QED) is 0.322. The number of nitrogens with two attached hydrogens (primary N) is 1. The maximum atomic E-state index is 8.60. The molecule has 0 radical (unpaired) electrons. The van der Waals surface area contributed by atoms with Crippen molar-refractivity contribution in [2.24, 2.45) is 22.7 Å². The molecule has 15 heavy (non-hydrogen) atoms. The van der Waals surface area contributed by atoms with Crippen LogP contribution in [0.1, 0.15) is 33.6 Å². The standard InChI is InChI=1S/C11H23N3O/c1-8(2)10-5-4-6-14(10)7-9(3)11(12)13-15/h8-10,15H,4-7H2,1-3H3,(H2,12,13). The molecule has 2 atom stereocenters. The van der Waals surface area contributed by atoms with Crippen molar-refractivity contribution in [2.75, 3.05) is 13.1 Å². The van der Waals surface area contributed by atoms with Gasteiger partial charge in [0.15, 0.2) is 0 Å². The van der Waals surface area contributed by atoms with Gasteiger partial charge in [0, 0.05) is 18.5 Å². The van der Waals surface area contributed by atoms with E-state index in [-0.39, 0.29) is 5.92 Å². The normalized spacial score (nSPS) is 26.1. The van der Waals surface area contributed by atoms with Gasteiger partial charge in [0.1, 0.15) is 5.84 Å². The average Bonchev–Trinajstić information content (AvgIpc) is 2.64. The summed E-state index contributed by atoms with van der Waals surface area (Å²) in [7, 11) is 0. The molecule has 1 saturated heterocycles. The predicted octanol–water partition coefficient (Wildman–Crippen LogP) is 1.49. The first-order valence-corrected chi connectivity index (χ1v) is 5.77. The molecular formula is C11H23N3O. The smallest absolute Gasteiger partial charge is 0.143 e. The Morgan fingerprint density at radius 1 is 1.53 bits per heavy atom. The maximum Gasteiger partial charge on any atom is 0.143 e. The first-order chi connectivity index (χ1) is 7.06. The lowest BCUT2D eigenvalue weighted by molar-refractivity contribution is 0.194. The van der Waals surface area contributed by atoms with Crippen molar-refractivity contribution in [3.63, 3.8) is 0 Å². The van der Waals surface area contributed by atoms with E-state index in [0.29, 0.717) is 17.8 Å². The highest BCUT2D eigenvalue weighted by Crippen LogP contribution is 2.24. The zero-order valence-corrected chi connectivity index (χ0v) is 9.98. The molecule has 0 amide bonds. The third kappa shape index (κ3) is 3.09. The van der Waals surface area contributed by atoms with Crippen LogP contribution in [0.2, 0.25) is 0 Å². The zero-order chi connectivity index (χ0) is 11.4. The summed E-state index contributed by atoms with van der Waals surface area (Å²) in [5, 5.41) is 11.7. The highest BCUT2D eigenvalue weighted by Gasteiger charge is 2.28. The number of rotatable bonds is 4. The molecule has 0 aromatic rings. The van der Waals surface area contributed by atoms with Crippen molar-refractivity contribution >= 4 is 5.84 Å². The van der Waals surface area contributed by atoms with Gasteiger partial charge in [-0.2, -0.15) is 0 Å². The molecule has 1 aliphatic rings. The maximum absolute atomic E-state index is 8.60. The second-order valence-corrected chi connectivity index (χ2v) is 4.87. The van der Waals surface area contributed by atoms with E-state index in [2.05, 4.69) is 23.9 Å². The van der Waals surface area contributed by atoms with Crippen LogP contribution in [0, 0.1) is 11.8 Å². The second-order valence-electron chi connectivity index (χ2n) is 4.87. The van der Waals surface area contributed by atoms with Gasteiger partial charge in [-0.15, -0.1) is 0 Å². The molecule has 1 heterocycles. The Balaban J connectivity index is 2.50. The first kappa shape index (κ1) is 12.3. The molecule has 1 rings (SSSR count). The Hall–Kier alpha value is -0.770. The molecule has 3 N–H and O–H groups in total. The van der Waals surface area contributed by atoms with Crippen LogP contribution in [-0.4, -0.2) is 35.1 Å². The van der Waals surface area contributed by atoms with E-state index in [1.807, 2.05) is 6.92 Å². The van der Waals surface area contributed by atoms with E-state index in [9.17, 15) is 0 Å². The monoisotopic (exact) mass is 213 g/mol. The Bertz CT molecular complexity index is 228. The van der Waals surface area contributed by atoms with Gasteiger partial charge in [-0.3, -0.25) is 4.90 Å². The van der Waals surface area contributed by atoms with Crippen molar-refractivity contribution in [2.45, 2.75) is 39.7 Å². The van der Waals surface area contributed by atoms with Gasteiger partial charge in [0.05, 0.1) is 0 Å². The van der Waals surface area contributed by atoms with Crippen LogP contribution >= 0.6 is 0 Å². The Labute approximate surface area is 92.1 Å². The van der Waals surface area contributed by atoms with Crippen LogP contribution in [0.3, 0.4) is 0 Å². The fraction of sp³-hybridized carbons (Fsp3) is 0.909. The lowest BCUT2D eigenvalue weighted by Gasteiger charge is -2.29. The SMILES string of the molecule is CC(CN1CCCC1C(C)C)C(N)=NO. The molecule has 1 aliphatic heterocycles. The number of oxime groups is 1. The minimum Gasteiger partial charge on any atom is -0.409 e. The van der Waals surface area contributed by atoms with Gasteiger partial charge < -0.3 is 10.9 Å². The summed E-state index contributed by atoms with van der Waals surface area (Å²) in [6, 6.07) is 0.666. The first-order valence-electron chi connectivity index (χ1n) is 5.77. The molecule has 88 valence electrons. The highest BCUT2D eigenvalue weighted by molar-refractivity contribution is 5.82. The van der Waals surface area contributed by atoms with E-state index in [0.717, 1.165) is 13.1 Å². The van der Waals surface area contributed by atoms with Crippen molar-refractivity contribution in [3.8, 4) is 0 Å².